The van der Waals surface area contributed by atoms with Crippen molar-refractivity contribution in [3.05, 3.63) is 0 Å². The van der Waals surface area contributed by atoms with Gasteiger partial charge in [-0.05, 0) is 31.6 Å². The molecule has 0 aliphatic carbocycles. The Morgan fingerprint density at radius 2 is 2.00 bits per heavy atom. The topological polar surface area (TPSA) is 84.5 Å². The van der Waals surface area contributed by atoms with E-state index in [2.05, 4.69) is 31.1 Å². The van der Waals surface area contributed by atoms with Crippen LogP contribution >= 0.6 is 24.0 Å². The largest absolute Gasteiger partial charge is 0.370 e. The number of rotatable bonds is 7. The second kappa shape index (κ2) is 9.86. The summed E-state index contributed by atoms with van der Waals surface area (Å²) in [5, 5.41) is 3.18. The molecule has 1 aliphatic heterocycles. The molecule has 21 heavy (non-hydrogen) atoms. The van der Waals surface area contributed by atoms with Crippen LogP contribution in [0.25, 0.3) is 0 Å². The van der Waals surface area contributed by atoms with Gasteiger partial charge in [0.05, 0.1) is 11.5 Å². The van der Waals surface area contributed by atoms with E-state index in [1.54, 1.807) is 0 Å². The van der Waals surface area contributed by atoms with E-state index in [1.807, 2.05) is 0 Å². The first-order valence-corrected chi connectivity index (χ1v) is 9.37. The molecule has 1 fully saturated rings. The number of halogens is 1. The van der Waals surface area contributed by atoms with E-state index < -0.39 is 9.84 Å². The van der Waals surface area contributed by atoms with Crippen molar-refractivity contribution in [2.24, 2.45) is 22.6 Å². The van der Waals surface area contributed by atoms with Gasteiger partial charge in [0.25, 0.3) is 0 Å². The van der Waals surface area contributed by atoms with E-state index in [1.165, 1.54) is 12.8 Å². The zero-order valence-electron chi connectivity index (χ0n) is 13.3. The summed E-state index contributed by atoms with van der Waals surface area (Å²) in [4.78, 5) is 4.27. The van der Waals surface area contributed by atoms with Crippen molar-refractivity contribution in [2.75, 3.05) is 18.1 Å². The molecule has 1 rings (SSSR count). The normalized spacial score (nSPS) is 22.9. The molecule has 0 radical (unpaired) electrons. The van der Waals surface area contributed by atoms with Gasteiger partial charge in [-0.3, -0.25) is 4.99 Å². The fourth-order valence-electron chi connectivity index (χ4n) is 2.45. The summed E-state index contributed by atoms with van der Waals surface area (Å²) in [5.74, 6) is 1.86. The maximum Gasteiger partial charge on any atom is 0.188 e. The number of nitrogens with zero attached hydrogens (tertiary/aromatic N) is 1. The highest BCUT2D eigenvalue weighted by atomic mass is 127. The highest BCUT2D eigenvalue weighted by molar-refractivity contribution is 14.0. The van der Waals surface area contributed by atoms with Gasteiger partial charge in [-0.15, -0.1) is 24.0 Å². The lowest BCUT2D eigenvalue weighted by molar-refractivity contribution is 0.493. The van der Waals surface area contributed by atoms with Gasteiger partial charge in [0.1, 0.15) is 0 Å². The third kappa shape index (κ3) is 9.55. The third-order valence-electron chi connectivity index (χ3n) is 3.66. The molecule has 0 aromatic carbocycles. The second-order valence-electron chi connectivity index (χ2n) is 6.37. The molecular weight excluding hydrogens is 401 g/mol. The van der Waals surface area contributed by atoms with Gasteiger partial charge in [0.15, 0.2) is 15.8 Å². The molecule has 0 aromatic rings. The average molecular weight is 431 g/mol. The third-order valence-corrected chi connectivity index (χ3v) is 5.50. The van der Waals surface area contributed by atoms with Crippen LogP contribution in [0.15, 0.2) is 4.99 Å². The molecule has 1 heterocycles. The summed E-state index contributed by atoms with van der Waals surface area (Å²) >= 11 is 0. The van der Waals surface area contributed by atoms with Crippen molar-refractivity contribution in [1.82, 2.24) is 5.32 Å². The lowest BCUT2D eigenvalue weighted by Crippen LogP contribution is -2.38. The monoisotopic (exact) mass is 431 g/mol. The van der Waals surface area contributed by atoms with Gasteiger partial charge in [-0.1, -0.05) is 26.7 Å². The number of nitrogens with two attached hydrogens (primary N) is 1. The number of aliphatic imine (C=N–C) groups is 1. The summed E-state index contributed by atoms with van der Waals surface area (Å²) in [6.07, 6.45) is 4.19. The van der Waals surface area contributed by atoms with E-state index in [-0.39, 0.29) is 35.6 Å². The van der Waals surface area contributed by atoms with E-state index in [9.17, 15) is 8.42 Å². The molecule has 3 N–H and O–H groups in total. The minimum atomic E-state index is -2.82. The molecule has 0 saturated carbocycles. The van der Waals surface area contributed by atoms with Gasteiger partial charge in [-0.2, -0.15) is 0 Å². The lowest BCUT2D eigenvalue weighted by atomic mass is 10.0. The molecule has 0 bridgehead atoms. The van der Waals surface area contributed by atoms with Crippen LogP contribution in [0, 0.1) is 11.8 Å². The molecule has 1 saturated heterocycles. The minimum absolute atomic E-state index is 0. The Bertz CT molecular complexity index is 424. The minimum Gasteiger partial charge on any atom is -0.370 e. The molecular formula is C14H30IN3O2S. The van der Waals surface area contributed by atoms with Crippen molar-refractivity contribution < 1.29 is 8.42 Å². The number of hydrogen-bond donors (Lipinski definition) is 2. The van der Waals surface area contributed by atoms with Crippen LogP contribution in [0.5, 0.6) is 0 Å². The van der Waals surface area contributed by atoms with E-state index in [0.29, 0.717) is 30.7 Å². The molecule has 2 atom stereocenters. The predicted octanol–water partition coefficient (Wildman–Crippen LogP) is 2.16. The van der Waals surface area contributed by atoms with E-state index in [0.717, 1.165) is 12.3 Å². The summed E-state index contributed by atoms with van der Waals surface area (Å²) in [6, 6.07) is 0.310. The van der Waals surface area contributed by atoms with Crippen molar-refractivity contribution in [3.8, 4) is 0 Å². The molecule has 126 valence electrons. The SMILES string of the molecule is CC(C)CCCC(C)NC(N)=NCC1CCS(=O)(=O)C1.I. The molecule has 5 nitrogen and oxygen atoms in total. The fraction of sp³-hybridized carbons (Fsp3) is 0.929. The Balaban J connectivity index is 0.00000400. The first-order valence-electron chi connectivity index (χ1n) is 7.55. The summed E-state index contributed by atoms with van der Waals surface area (Å²) < 4.78 is 22.7. The summed E-state index contributed by atoms with van der Waals surface area (Å²) in [6.45, 7) is 7.06. The van der Waals surface area contributed by atoms with Gasteiger partial charge < -0.3 is 11.1 Å². The summed E-state index contributed by atoms with van der Waals surface area (Å²) in [5.41, 5.74) is 5.84. The van der Waals surface area contributed by atoms with Crippen molar-refractivity contribution >= 4 is 39.8 Å². The average Bonchev–Trinajstić information content (AvgIpc) is 2.66. The lowest BCUT2D eigenvalue weighted by Gasteiger charge is -2.15. The van der Waals surface area contributed by atoms with Gasteiger partial charge in [-0.25, -0.2) is 8.42 Å². The Labute approximate surface area is 146 Å². The first kappa shape index (κ1) is 20.9. The number of sulfone groups is 1. The van der Waals surface area contributed by atoms with Crippen molar-refractivity contribution in [1.29, 1.82) is 0 Å². The van der Waals surface area contributed by atoms with Gasteiger partial charge in [0.2, 0.25) is 0 Å². The number of guanidine groups is 1. The Kier molecular flexibility index (Phi) is 9.84. The van der Waals surface area contributed by atoms with Crippen molar-refractivity contribution in [2.45, 2.75) is 52.5 Å². The predicted molar refractivity (Wildman–Crippen MR) is 100.0 cm³/mol. The molecule has 7 heteroatoms. The molecule has 2 unspecified atom stereocenters. The zero-order chi connectivity index (χ0) is 15.2. The summed E-state index contributed by atoms with van der Waals surface area (Å²) in [7, 11) is -2.82. The number of nitrogens with one attached hydrogen (secondary N) is 1. The van der Waals surface area contributed by atoms with E-state index >= 15 is 0 Å². The smallest absolute Gasteiger partial charge is 0.188 e. The highest BCUT2D eigenvalue weighted by Gasteiger charge is 2.27. The standard InChI is InChI=1S/C14H29N3O2S.HI/c1-11(2)5-4-6-12(3)17-14(15)16-9-13-7-8-20(18,19)10-13;/h11-13H,4-10H2,1-3H3,(H3,15,16,17);1H. The second-order valence-corrected chi connectivity index (χ2v) is 8.59. The zero-order valence-corrected chi connectivity index (χ0v) is 16.5. The molecule has 0 spiro atoms. The van der Waals surface area contributed by atoms with Crippen LogP contribution < -0.4 is 11.1 Å². The van der Waals surface area contributed by atoms with Crippen LogP contribution in [0.4, 0.5) is 0 Å². The van der Waals surface area contributed by atoms with E-state index in [4.69, 9.17) is 5.73 Å². The first-order chi connectivity index (χ1) is 9.28. The highest BCUT2D eigenvalue weighted by Crippen LogP contribution is 2.18. The molecule has 0 aromatic heterocycles. The fourth-order valence-corrected chi connectivity index (χ4v) is 4.30. The van der Waals surface area contributed by atoms with Crippen LogP contribution in [0.3, 0.4) is 0 Å². The maximum atomic E-state index is 11.3. The van der Waals surface area contributed by atoms with Crippen LogP contribution in [-0.4, -0.2) is 38.5 Å². The Morgan fingerprint density at radius 1 is 1.33 bits per heavy atom. The number of hydrogen-bond acceptors (Lipinski definition) is 3. The maximum absolute atomic E-state index is 11.3. The Morgan fingerprint density at radius 3 is 2.52 bits per heavy atom. The molecule has 1 aliphatic rings. The van der Waals surface area contributed by atoms with Crippen LogP contribution in [0.1, 0.15) is 46.5 Å². The van der Waals surface area contributed by atoms with Gasteiger partial charge in [0, 0.05) is 12.6 Å². The Hall–Kier alpha value is -0.0500. The molecule has 0 amide bonds. The van der Waals surface area contributed by atoms with Crippen LogP contribution in [0.2, 0.25) is 0 Å². The quantitative estimate of drug-likeness (QED) is 0.368. The van der Waals surface area contributed by atoms with Crippen LogP contribution in [-0.2, 0) is 9.84 Å². The van der Waals surface area contributed by atoms with Gasteiger partial charge >= 0.3 is 0 Å². The van der Waals surface area contributed by atoms with Crippen molar-refractivity contribution in [3.63, 3.8) is 0 Å².